The molecule has 1 atom stereocenters. The molecular weight excluding hydrogens is 265 g/mol. The second kappa shape index (κ2) is 4.60. The molecule has 8 heteroatoms. The topological polar surface area (TPSA) is 55.6 Å². The van der Waals surface area contributed by atoms with E-state index in [4.69, 9.17) is 4.74 Å². The van der Waals surface area contributed by atoms with Crippen molar-refractivity contribution < 1.29 is 22.8 Å². The third-order valence-electron chi connectivity index (χ3n) is 2.83. The van der Waals surface area contributed by atoms with E-state index in [2.05, 4.69) is 0 Å². The van der Waals surface area contributed by atoms with Crippen LogP contribution in [0.1, 0.15) is 6.92 Å². The molecule has 2 rings (SSSR count). The van der Waals surface area contributed by atoms with Gasteiger partial charge in [-0.2, -0.15) is 13.2 Å². The molecule has 0 radical (unpaired) electrons. The molecule has 0 bridgehead atoms. The predicted octanol–water partition coefficient (Wildman–Crippen LogP) is 2.74. The lowest BCUT2D eigenvalue weighted by atomic mass is 10.1. The third kappa shape index (κ3) is 2.88. The summed E-state index contributed by atoms with van der Waals surface area (Å²) in [5, 5.41) is 10.6. The summed E-state index contributed by atoms with van der Waals surface area (Å²) < 4.78 is 42.8. The van der Waals surface area contributed by atoms with Crippen LogP contribution in [0.25, 0.3) is 0 Å². The minimum Gasteiger partial charge on any atom is -0.489 e. The molecule has 0 fully saturated rings. The first-order valence-electron chi connectivity index (χ1n) is 5.52. The lowest BCUT2D eigenvalue weighted by molar-refractivity contribution is -0.384. The van der Waals surface area contributed by atoms with E-state index in [1.807, 2.05) is 0 Å². The average molecular weight is 276 g/mol. The second-order valence-electron chi connectivity index (χ2n) is 4.31. The van der Waals surface area contributed by atoms with Crippen LogP contribution in [0.15, 0.2) is 18.2 Å². The first-order valence-corrected chi connectivity index (χ1v) is 5.52. The number of hydrogen-bond donors (Lipinski definition) is 0. The molecule has 0 saturated heterocycles. The van der Waals surface area contributed by atoms with Crippen molar-refractivity contribution in [2.45, 2.75) is 19.1 Å². The lowest BCUT2D eigenvalue weighted by Gasteiger charge is -2.36. The number of hydrogen-bond acceptors (Lipinski definition) is 4. The van der Waals surface area contributed by atoms with E-state index in [1.54, 1.807) is 6.92 Å². The maximum absolute atomic E-state index is 12.5. The highest BCUT2D eigenvalue weighted by molar-refractivity contribution is 5.64. The summed E-state index contributed by atoms with van der Waals surface area (Å²) in [6, 6.07) is 3.15. The largest absolute Gasteiger partial charge is 0.489 e. The first-order chi connectivity index (χ1) is 8.78. The molecule has 104 valence electrons. The van der Waals surface area contributed by atoms with E-state index in [0.29, 0.717) is 0 Å². The molecule has 1 aromatic carbocycles. The van der Waals surface area contributed by atoms with E-state index >= 15 is 0 Å². The molecule has 0 saturated carbocycles. The fourth-order valence-electron chi connectivity index (χ4n) is 1.94. The van der Waals surface area contributed by atoms with E-state index in [9.17, 15) is 23.3 Å². The Kier molecular flexibility index (Phi) is 3.25. The standard InChI is InChI=1S/C11H11F3N2O3/c1-7-5-19-10-4-8(16(17)18)2-3-9(10)15(7)6-11(12,13)14/h2-4,7H,5-6H2,1H3/t7-/m1/s1. The zero-order chi connectivity index (χ0) is 14.2. The van der Waals surface area contributed by atoms with Crippen molar-refractivity contribution in [1.82, 2.24) is 0 Å². The second-order valence-corrected chi connectivity index (χ2v) is 4.31. The minimum atomic E-state index is -4.34. The van der Waals surface area contributed by atoms with Gasteiger partial charge in [0.05, 0.1) is 22.7 Å². The Labute approximate surface area is 106 Å². The summed E-state index contributed by atoms with van der Waals surface area (Å²) in [7, 11) is 0. The number of fused-ring (bicyclic) bond motifs is 1. The number of ether oxygens (including phenoxy) is 1. The Morgan fingerprint density at radius 3 is 2.79 bits per heavy atom. The number of non-ortho nitro benzene ring substituents is 1. The molecule has 1 heterocycles. The minimum absolute atomic E-state index is 0.0598. The van der Waals surface area contributed by atoms with Crippen LogP contribution in [0.5, 0.6) is 5.75 Å². The molecule has 0 spiro atoms. The molecule has 0 amide bonds. The number of anilines is 1. The average Bonchev–Trinajstić information content (AvgIpc) is 2.31. The van der Waals surface area contributed by atoms with Gasteiger partial charge in [0.1, 0.15) is 18.9 Å². The van der Waals surface area contributed by atoms with Gasteiger partial charge < -0.3 is 9.64 Å². The maximum Gasteiger partial charge on any atom is 0.405 e. The molecule has 0 aliphatic carbocycles. The normalized spacial score (nSPS) is 18.7. The quantitative estimate of drug-likeness (QED) is 0.615. The van der Waals surface area contributed by atoms with Gasteiger partial charge in [-0.15, -0.1) is 0 Å². The van der Waals surface area contributed by atoms with Crippen molar-refractivity contribution in [1.29, 1.82) is 0 Å². The first kappa shape index (κ1) is 13.4. The van der Waals surface area contributed by atoms with E-state index in [1.165, 1.54) is 12.1 Å². The number of nitro benzene ring substituents is 1. The number of rotatable bonds is 2. The van der Waals surface area contributed by atoms with Crippen LogP contribution in [0.3, 0.4) is 0 Å². The van der Waals surface area contributed by atoms with Crippen LogP contribution in [-0.2, 0) is 0 Å². The molecule has 0 aromatic heterocycles. The van der Waals surface area contributed by atoms with Crippen molar-refractivity contribution >= 4 is 11.4 Å². The van der Waals surface area contributed by atoms with Crippen molar-refractivity contribution in [3.05, 3.63) is 28.3 Å². The van der Waals surface area contributed by atoms with Gasteiger partial charge in [0.2, 0.25) is 0 Å². The van der Waals surface area contributed by atoms with Crippen molar-refractivity contribution in [3.8, 4) is 5.75 Å². The van der Waals surface area contributed by atoms with Crippen molar-refractivity contribution in [2.75, 3.05) is 18.1 Å². The van der Waals surface area contributed by atoms with Gasteiger partial charge in [-0.25, -0.2) is 0 Å². The number of alkyl halides is 3. The third-order valence-corrected chi connectivity index (χ3v) is 2.83. The number of nitrogens with zero attached hydrogens (tertiary/aromatic N) is 2. The summed E-state index contributed by atoms with van der Waals surface area (Å²) in [6.45, 7) is 0.558. The van der Waals surface area contributed by atoms with Crippen LogP contribution in [0.2, 0.25) is 0 Å². The molecule has 1 aliphatic rings. The van der Waals surface area contributed by atoms with Crippen LogP contribution in [-0.4, -0.2) is 30.3 Å². The molecule has 19 heavy (non-hydrogen) atoms. The zero-order valence-electron chi connectivity index (χ0n) is 9.98. The smallest absolute Gasteiger partial charge is 0.405 e. The number of benzene rings is 1. The summed E-state index contributed by atoms with van der Waals surface area (Å²) in [4.78, 5) is 11.1. The molecule has 1 aromatic rings. The lowest BCUT2D eigenvalue weighted by Crippen LogP contribution is -2.46. The van der Waals surface area contributed by atoms with Gasteiger partial charge in [0, 0.05) is 6.07 Å². The summed E-state index contributed by atoms with van der Waals surface area (Å²) in [5.41, 5.74) is 0.0157. The van der Waals surface area contributed by atoms with Crippen molar-refractivity contribution in [3.63, 3.8) is 0 Å². The predicted molar refractivity (Wildman–Crippen MR) is 61.5 cm³/mol. The fraction of sp³-hybridized carbons (Fsp3) is 0.455. The van der Waals surface area contributed by atoms with E-state index in [-0.39, 0.29) is 23.7 Å². The molecule has 0 N–H and O–H groups in total. The summed E-state index contributed by atoms with van der Waals surface area (Å²) >= 11 is 0. The van der Waals surface area contributed by atoms with Gasteiger partial charge in [0.25, 0.3) is 5.69 Å². The van der Waals surface area contributed by atoms with Gasteiger partial charge in [0.15, 0.2) is 0 Å². The van der Waals surface area contributed by atoms with Crippen LogP contribution >= 0.6 is 0 Å². The Morgan fingerprint density at radius 1 is 1.53 bits per heavy atom. The van der Waals surface area contributed by atoms with Crippen molar-refractivity contribution in [2.24, 2.45) is 0 Å². The fourth-order valence-corrected chi connectivity index (χ4v) is 1.94. The number of halogens is 3. The highest BCUT2D eigenvalue weighted by Crippen LogP contribution is 2.38. The number of nitro groups is 1. The molecular formula is C11H11F3N2O3. The van der Waals surface area contributed by atoms with E-state index < -0.39 is 23.7 Å². The molecule has 5 nitrogen and oxygen atoms in total. The zero-order valence-corrected chi connectivity index (χ0v) is 9.98. The Morgan fingerprint density at radius 2 is 2.21 bits per heavy atom. The molecule has 0 unspecified atom stereocenters. The van der Waals surface area contributed by atoms with Gasteiger partial charge in [-0.1, -0.05) is 0 Å². The highest BCUT2D eigenvalue weighted by atomic mass is 19.4. The van der Waals surface area contributed by atoms with Gasteiger partial charge >= 0.3 is 6.18 Å². The van der Waals surface area contributed by atoms with Gasteiger partial charge in [-0.05, 0) is 13.0 Å². The Bertz CT molecular complexity index is 504. The summed E-state index contributed by atoms with van der Waals surface area (Å²) in [6.07, 6.45) is -4.34. The monoisotopic (exact) mass is 276 g/mol. The van der Waals surface area contributed by atoms with Crippen LogP contribution in [0, 0.1) is 10.1 Å². The Hall–Kier alpha value is -1.99. The Balaban J connectivity index is 2.36. The highest BCUT2D eigenvalue weighted by Gasteiger charge is 2.36. The SMILES string of the molecule is C[C@@H]1COc2cc([N+](=O)[O-])ccc2N1CC(F)(F)F. The molecule has 1 aliphatic heterocycles. The van der Waals surface area contributed by atoms with Crippen LogP contribution < -0.4 is 9.64 Å². The maximum atomic E-state index is 12.5. The summed E-state index contributed by atoms with van der Waals surface area (Å²) in [5.74, 6) is 0.108. The van der Waals surface area contributed by atoms with Gasteiger partial charge in [-0.3, -0.25) is 10.1 Å². The van der Waals surface area contributed by atoms with E-state index in [0.717, 1.165) is 11.0 Å². The van der Waals surface area contributed by atoms with Crippen LogP contribution in [0.4, 0.5) is 24.5 Å².